The van der Waals surface area contributed by atoms with Crippen molar-refractivity contribution in [3.63, 3.8) is 0 Å². The second kappa shape index (κ2) is 8.77. The largest absolute Gasteiger partial charge is 0.341 e. The molecular formula is C23H21FN4O2S. The Bertz CT molecular complexity index is 1290. The molecule has 0 fully saturated rings. The van der Waals surface area contributed by atoms with Gasteiger partial charge in [-0.3, -0.25) is 9.59 Å². The number of aryl methyl sites for hydroxylation is 1. The molecule has 1 N–H and O–H groups in total. The fraction of sp³-hybridized carbons (Fsp3) is 0.217. The number of aromatic nitrogens is 3. The maximum atomic E-state index is 14.1. The quantitative estimate of drug-likeness (QED) is 0.469. The van der Waals surface area contributed by atoms with Crippen LogP contribution >= 0.6 is 11.3 Å². The fourth-order valence-electron chi connectivity index (χ4n) is 3.26. The van der Waals surface area contributed by atoms with E-state index >= 15 is 0 Å². The van der Waals surface area contributed by atoms with E-state index in [0.29, 0.717) is 22.8 Å². The normalized spacial score (nSPS) is 12.1. The van der Waals surface area contributed by atoms with Gasteiger partial charge in [-0.15, -0.1) is 0 Å². The van der Waals surface area contributed by atoms with Gasteiger partial charge in [0.2, 0.25) is 0 Å². The van der Waals surface area contributed by atoms with Crippen LogP contribution in [0, 0.1) is 5.82 Å². The summed E-state index contributed by atoms with van der Waals surface area (Å²) in [5, 5.41) is 0.513. The number of H-pyrrole nitrogens is 1. The molecule has 0 aliphatic heterocycles. The highest BCUT2D eigenvalue weighted by Crippen LogP contribution is 2.28. The van der Waals surface area contributed by atoms with Crippen LogP contribution in [0.15, 0.2) is 59.4 Å². The van der Waals surface area contributed by atoms with Crippen molar-refractivity contribution in [2.24, 2.45) is 0 Å². The summed E-state index contributed by atoms with van der Waals surface area (Å²) < 4.78 is 14.1. The van der Waals surface area contributed by atoms with Gasteiger partial charge in [-0.05, 0) is 31.0 Å². The van der Waals surface area contributed by atoms with Crippen molar-refractivity contribution < 1.29 is 9.18 Å². The van der Waals surface area contributed by atoms with Gasteiger partial charge in [0.15, 0.2) is 21.3 Å². The Hall–Kier alpha value is -3.39. The number of hydrogen-bond acceptors (Lipinski definition) is 6. The van der Waals surface area contributed by atoms with Crippen LogP contribution in [-0.4, -0.2) is 33.8 Å². The third-order valence-corrected chi connectivity index (χ3v) is 6.28. The lowest BCUT2D eigenvalue weighted by molar-refractivity contribution is -0.119. The number of fused-ring (bicyclic) bond motifs is 1. The fourth-order valence-corrected chi connectivity index (χ4v) is 4.24. The van der Waals surface area contributed by atoms with Crippen LogP contribution < -0.4 is 10.5 Å². The topological polar surface area (TPSA) is 79.0 Å². The monoisotopic (exact) mass is 436 g/mol. The van der Waals surface area contributed by atoms with Gasteiger partial charge in [-0.1, -0.05) is 53.8 Å². The van der Waals surface area contributed by atoms with Gasteiger partial charge in [0, 0.05) is 13.5 Å². The van der Waals surface area contributed by atoms with Crippen LogP contribution in [0.2, 0.25) is 0 Å². The third kappa shape index (κ3) is 4.39. The van der Waals surface area contributed by atoms with Crippen LogP contribution in [-0.2, 0) is 11.2 Å². The summed E-state index contributed by atoms with van der Waals surface area (Å²) in [6, 6.07) is 15.6. The second-order valence-corrected chi connectivity index (χ2v) is 8.24. The van der Waals surface area contributed by atoms with E-state index in [4.69, 9.17) is 0 Å². The number of thiazole rings is 1. The number of hydrogen-bond donors (Lipinski definition) is 1. The number of carbonyl (C=O) groups excluding carboxylic acids is 1. The van der Waals surface area contributed by atoms with Crippen molar-refractivity contribution in [3.8, 4) is 11.4 Å². The zero-order chi connectivity index (χ0) is 22.0. The Morgan fingerprint density at radius 3 is 2.58 bits per heavy atom. The molecule has 0 saturated carbocycles. The van der Waals surface area contributed by atoms with E-state index in [-0.39, 0.29) is 22.7 Å². The summed E-state index contributed by atoms with van der Waals surface area (Å²) in [6.07, 6.45) is 1.08. The van der Waals surface area contributed by atoms with Crippen LogP contribution in [0.5, 0.6) is 0 Å². The van der Waals surface area contributed by atoms with Crippen LogP contribution in [0.3, 0.4) is 0 Å². The zero-order valence-electron chi connectivity index (χ0n) is 17.1. The standard InChI is InChI=1S/C23H21FN4O2S/c1-14(18(29)13-12-15-8-4-3-5-9-15)28(2)23-25-19-21(30)26-20(27-22(19)31-23)16-10-6-7-11-17(16)24/h3-11,14H,12-13H2,1-2H3,(H,26,27,30)/t14-/m1/s1. The number of Topliss-reactive ketones (excluding diaryl/α,β-unsaturated/α-hetero) is 1. The minimum atomic E-state index is -0.468. The smallest absolute Gasteiger partial charge is 0.278 e. The lowest BCUT2D eigenvalue weighted by Crippen LogP contribution is -2.36. The average molecular weight is 437 g/mol. The summed E-state index contributed by atoms with van der Waals surface area (Å²) in [5.41, 5.74) is 1.06. The Morgan fingerprint density at radius 1 is 1.13 bits per heavy atom. The number of likely N-dealkylation sites (N-methyl/N-ethyl adjacent to an activating group) is 1. The molecule has 2 aromatic heterocycles. The second-order valence-electron chi connectivity index (χ2n) is 7.28. The number of benzene rings is 2. The summed E-state index contributed by atoms with van der Waals surface area (Å²) in [5.74, 6) is -0.232. The SMILES string of the molecule is C[C@H](C(=O)CCc1ccccc1)N(C)c1nc2c(=O)[nH]c(-c3ccccc3F)nc2s1. The molecule has 2 heterocycles. The molecule has 6 nitrogen and oxygen atoms in total. The molecule has 4 rings (SSSR count). The van der Waals surface area contributed by atoms with E-state index in [2.05, 4.69) is 15.0 Å². The first-order valence-corrected chi connectivity index (χ1v) is 10.7. The van der Waals surface area contributed by atoms with Gasteiger partial charge < -0.3 is 9.88 Å². The Labute approximate surface area is 182 Å². The van der Waals surface area contributed by atoms with E-state index in [1.165, 1.54) is 17.4 Å². The van der Waals surface area contributed by atoms with Gasteiger partial charge in [0.05, 0.1) is 11.6 Å². The number of nitrogens with zero attached hydrogens (tertiary/aromatic N) is 3. The number of carbonyl (C=O) groups is 1. The van der Waals surface area contributed by atoms with Crippen LogP contribution in [0.4, 0.5) is 9.52 Å². The molecule has 4 aromatic rings. The molecule has 8 heteroatoms. The molecule has 0 aliphatic rings. The zero-order valence-corrected chi connectivity index (χ0v) is 17.9. The molecule has 158 valence electrons. The Morgan fingerprint density at radius 2 is 1.84 bits per heavy atom. The van der Waals surface area contributed by atoms with E-state index in [1.807, 2.05) is 37.3 Å². The molecule has 0 amide bonds. The first-order valence-electron chi connectivity index (χ1n) is 9.89. The van der Waals surface area contributed by atoms with Crippen molar-refractivity contribution in [1.29, 1.82) is 0 Å². The predicted octanol–water partition coefficient (Wildman–Crippen LogP) is 4.21. The van der Waals surface area contributed by atoms with E-state index in [1.54, 1.807) is 30.1 Å². The lowest BCUT2D eigenvalue weighted by atomic mass is 10.0. The first-order chi connectivity index (χ1) is 14.9. The molecule has 0 radical (unpaired) electrons. The number of nitrogens with one attached hydrogen (secondary N) is 1. The summed E-state index contributed by atoms with van der Waals surface area (Å²) in [7, 11) is 1.77. The Kier molecular flexibility index (Phi) is 5.90. The predicted molar refractivity (Wildman–Crippen MR) is 121 cm³/mol. The molecule has 2 aromatic carbocycles. The molecule has 0 aliphatic carbocycles. The number of anilines is 1. The number of halogens is 1. The van der Waals surface area contributed by atoms with Gasteiger partial charge in [-0.2, -0.15) is 0 Å². The van der Waals surface area contributed by atoms with E-state index in [0.717, 1.165) is 5.56 Å². The molecule has 0 saturated heterocycles. The maximum absolute atomic E-state index is 14.1. The summed E-state index contributed by atoms with van der Waals surface area (Å²) >= 11 is 1.20. The van der Waals surface area contributed by atoms with Gasteiger partial charge in [-0.25, -0.2) is 14.4 Å². The third-order valence-electron chi connectivity index (χ3n) is 5.24. The Balaban J connectivity index is 1.56. The van der Waals surface area contributed by atoms with E-state index in [9.17, 15) is 14.0 Å². The van der Waals surface area contributed by atoms with Crippen LogP contribution in [0.1, 0.15) is 18.9 Å². The molecule has 31 heavy (non-hydrogen) atoms. The van der Waals surface area contributed by atoms with Crippen molar-refractivity contribution in [1.82, 2.24) is 15.0 Å². The number of aromatic amines is 1. The summed E-state index contributed by atoms with van der Waals surface area (Å²) in [6.45, 7) is 1.82. The molecule has 0 bridgehead atoms. The number of rotatable bonds is 7. The highest BCUT2D eigenvalue weighted by Gasteiger charge is 2.22. The van der Waals surface area contributed by atoms with Crippen LogP contribution in [0.25, 0.3) is 21.7 Å². The van der Waals surface area contributed by atoms with Gasteiger partial charge >= 0.3 is 0 Å². The van der Waals surface area contributed by atoms with Gasteiger partial charge in [0.1, 0.15) is 11.6 Å². The number of ketones is 1. The molecular weight excluding hydrogens is 415 g/mol. The maximum Gasteiger partial charge on any atom is 0.278 e. The molecule has 1 atom stereocenters. The van der Waals surface area contributed by atoms with Crippen molar-refractivity contribution in [2.45, 2.75) is 25.8 Å². The average Bonchev–Trinajstić information content (AvgIpc) is 3.22. The lowest BCUT2D eigenvalue weighted by Gasteiger charge is -2.22. The highest BCUT2D eigenvalue weighted by molar-refractivity contribution is 7.21. The van der Waals surface area contributed by atoms with Crippen molar-refractivity contribution in [2.75, 3.05) is 11.9 Å². The van der Waals surface area contributed by atoms with Gasteiger partial charge in [0.25, 0.3) is 5.56 Å². The minimum Gasteiger partial charge on any atom is -0.341 e. The van der Waals surface area contributed by atoms with Crippen molar-refractivity contribution >= 4 is 32.6 Å². The first kappa shape index (κ1) is 20.9. The summed E-state index contributed by atoms with van der Waals surface area (Å²) in [4.78, 5) is 38.8. The van der Waals surface area contributed by atoms with Crippen molar-refractivity contribution in [3.05, 3.63) is 76.3 Å². The molecule has 0 spiro atoms. The molecule has 0 unspecified atom stereocenters. The van der Waals surface area contributed by atoms with E-state index < -0.39 is 17.4 Å². The minimum absolute atomic E-state index is 0.0829. The highest BCUT2D eigenvalue weighted by atomic mass is 32.1.